The molecule has 1 saturated carbocycles. The molecule has 0 spiro atoms. The minimum Gasteiger partial charge on any atom is -0.337 e. The van der Waals surface area contributed by atoms with E-state index in [2.05, 4.69) is 10.1 Å². The zero-order valence-corrected chi connectivity index (χ0v) is 12.8. The van der Waals surface area contributed by atoms with Gasteiger partial charge in [-0.1, -0.05) is 28.9 Å². The minimum atomic E-state index is -0.119. The van der Waals surface area contributed by atoms with E-state index in [1.807, 2.05) is 29.2 Å². The van der Waals surface area contributed by atoms with Crippen molar-refractivity contribution in [3.8, 4) is 0 Å². The molecule has 2 heterocycles. The van der Waals surface area contributed by atoms with Crippen LogP contribution in [0.4, 0.5) is 0 Å². The maximum absolute atomic E-state index is 12.2. The van der Waals surface area contributed by atoms with Crippen LogP contribution in [0.15, 0.2) is 28.8 Å². The molecule has 1 aromatic carbocycles. The predicted molar refractivity (Wildman–Crippen MR) is 80.3 cm³/mol. The molecule has 6 heteroatoms. The van der Waals surface area contributed by atoms with Crippen molar-refractivity contribution in [2.75, 3.05) is 0 Å². The second kappa shape index (κ2) is 5.39. The van der Waals surface area contributed by atoms with Crippen LogP contribution >= 0.6 is 11.6 Å². The van der Waals surface area contributed by atoms with Crippen LogP contribution in [0.3, 0.4) is 0 Å². The molecule has 1 amide bonds. The monoisotopic (exact) mass is 317 g/mol. The maximum atomic E-state index is 12.2. The van der Waals surface area contributed by atoms with E-state index in [0.29, 0.717) is 29.8 Å². The lowest BCUT2D eigenvalue weighted by Gasteiger charge is -2.22. The third kappa shape index (κ3) is 2.61. The Morgan fingerprint density at radius 1 is 1.32 bits per heavy atom. The van der Waals surface area contributed by atoms with Crippen LogP contribution < -0.4 is 0 Å². The van der Waals surface area contributed by atoms with Crippen LogP contribution in [0, 0.1) is 0 Å². The van der Waals surface area contributed by atoms with Gasteiger partial charge < -0.3 is 9.42 Å². The standard InChI is InChI=1S/C16H16ClN3O2/c17-12-3-1-2-10(8-12)9-20-13(6-7-14(20)21)16-18-15(19-22-16)11-4-5-11/h1-3,8,11,13H,4-7,9H2. The Balaban J connectivity index is 1.56. The Morgan fingerprint density at radius 2 is 2.18 bits per heavy atom. The lowest BCUT2D eigenvalue weighted by molar-refractivity contribution is -0.129. The number of rotatable bonds is 4. The quantitative estimate of drug-likeness (QED) is 0.866. The normalized spacial score (nSPS) is 21.6. The third-order valence-electron chi connectivity index (χ3n) is 4.26. The van der Waals surface area contributed by atoms with Crippen molar-refractivity contribution in [1.29, 1.82) is 0 Å². The number of carbonyl (C=O) groups excluding carboxylic acids is 1. The summed E-state index contributed by atoms with van der Waals surface area (Å²) in [4.78, 5) is 18.5. The molecule has 1 unspecified atom stereocenters. The first-order valence-corrected chi connectivity index (χ1v) is 7.96. The number of carbonyl (C=O) groups is 1. The predicted octanol–water partition coefficient (Wildman–Crippen LogP) is 3.46. The largest absolute Gasteiger partial charge is 0.337 e. The highest BCUT2D eigenvalue weighted by atomic mass is 35.5. The molecule has 1 saturated heterocycles. The summed E-state index contributed by atoms with van der Waals surface area (Å²) in [6.45, 7) is 0.519. The molecule has 0 radical (unpaired) electrons. The van der Waals surface area contributed by atoms with Crippen LogP contribution in [0.1, 0.15) is 54.9 Å². The van der Waals surface area contributed by atoms with Gasteiger partial charge in [0.25, 0.3) is 0 Å². The highest BCUT2D eigenvalue weighted by Crippen LogP contribution is 2.40. The van der Waals surface area contributed by atoms with Gasteiger partial charge in [0.05, 0.1) is 0 Å². The summed E-state index contributed by atoms with van der Waals surface area (Å²) in [5, 5.41) is 4.73. The Kier molecular flexibility index (Phi) is 3.37. The fourth-order valence-corrected chi connectivity index (χ4v) is 3.12. The van der Waals surface area contributed by atoms with Crippen LogP contribution in [0.5, 0.6) is 0 Å². The van der Waals surface area contributed by atoms with Crippen LogP contribution in [-0.4, -0.2) is 20.9 Å². The van der Waals surface area contributed by atoms with Crippen molar-refractivity contribution in [3.05, 3.63) is 46.6 Å². The molecule has 22 heavy (non-hydrogen) atoms. The van der Waals surface area contributed by atoms with Crippen molar-refractivity contribution >= 4 is 17.5 Å². The van der Waals surface area contributed by atoms with E-state index in [-0.39, 0.29) is 11.9 Å². The number of nitrogens with zero attached hydrogens (tertiary/aromatic N) is 3. The van der Waals surface area contributed by atoms with E-state index in [1.165, 1.54) is 0 Å². The summed E-state index contributed by atoms with van der Waals surface area (Å²) in [5.74, 6) is 1.93. The number of amides is 1. The van der Waals surface area contributed by atoms with E-state index in [0.717, 1.165) is 30.7 Å². The lowest BCUT2D eigenvalue weighted by atomic mass is 10.2. The second-order valence-electron chi connectivity index (χ2n) is 5.97. The number of hydrogen-bond acceptors (Lipinski definition) is 4. The molecule has 2 aromatic rings. The van der Waals surface area contributed by atoms with Gasteiger partial charge in [-0.05, 0) is 37.0 Å². The van der Waals surface area contributed by atoms with E-state index < -0.39 is 0 Å². The van der Waals surface area contributed by atoms with Crippen LogP contribution in [0.25, 0.3) is 0 Å². The molecule has 0 N–H and O–H groups in total. The molecule has 1 atom stereocenters. The first kappa shape index (κ1) is 13.8. The molecular formula is C16H16ClN3O2. The smallest absolute Gasteiger partial charge is 0.249 e. The summed E-state index contributed by atoms with van der Waals surface area (Å²) in [6.07, 6.45) is 3.52. The van der Waals surface area contributed by atoms with Crippen molar-refractivity contribution in [2.24, 2.45) is 0 Å². The molecule has 1 aliphatic carbocycles. The molecule has 1 aromatic heterocycles. The van der Waals surface area contributed by atoms with Crippen molar-refractivity contribution < 1.29 is 9.32 Å². The SMILES string of the molecule is O=C1CCC(c2nc(C3CC3)no2)N1Cc1cccc(Cl)c1. The van der Waals surface area contributed by atoms with Crippen molar-refractivity contribution in [2.45, 2.75) is 44.2 Å². The number of benzene rings is 1. The van der Waals surface area contributed by atoms with Gasteiger partial charge in [0.15, 0.2) is 5.82 Å². The highest BCUT2D eigenvalue weighted by molar-refractivity contribution is 6.30. The molecule has 4 rings (SSSR count). The zero-order chi connectivity index (χ0) is 15.1. The Morgan fingerprint density at radius 3 is 2.95 bits per heavy atom. The molecular weight excluding hydrogens is 302 g/mol. The van der Waals surface area contributed by atoms with Gasteiger partial charge in [-0.2, -0.15) is 4.98 Å². The topological polar surface area (TPSA) is 59.2 Å². The molecule has 0 bridgehead atoms. The van der Waals surface area contributed by atoms with Gasteiger partial charge in [0.1, 0.15) is 6.04 Å². The number of halogens is 1. The first-order chi connectivity index (χ1) is 10.7. The average molecular weight is 318 g/mol. The van der Waals surface area contributed by atoms with Gasteiger partial charge in [-0.15, -0.1) is 0 Å². The van der Waals surface area contributed by atoms with Gasteiger partial charge >= 0.3 is 0 Å². The number of likely N-dealkylation sites (tertiary alicyclic amines) is 1. The molecule has 5 nitrogen and oxygen atoms in total. The summed E-state index contributed by atoms with van der Waals surface area (Å²) in [7, 11) is 0. The number of hydrogen-bond donors (Lipinski definition) is 0. The van der Waals surface area contributed by atoms with Crippen LogP contribution in [-0.2, 0) is 11.3 Å². The third-order valence-corrected chi connectivity index (χ3v) is 4.49. The second-order valence-corrected chi connectivity index (χ2v) is 6.41. The molecule has 1 aliphatic heterocycles. The molecule has 2 fully saturated rings. The fourth-order valence-electron chi connectivity index (χ4n) is 2.91. The van der Waals surface area contributed by atoms with Gasteiger partial charge in [-0.25, -0.2) is 0 Å². The molecule has 114 valence electrons. The zero-order valence-electron chi connectivity index (χ0n) is 12.0. The Bertz CT molecular complexity index is 711. The average Bonchev–Trinajstić information content (AvgIpc) is 3.14. The van der Waals surface area contributed by atoms with E-state index >= 15 is 0 Å². The van der Waals surface area contributed by atoms with Crippen molar-refractivity contribution in [3.63, 3.8) is 0 Å². The number of aromatic nitrogens is 2. The summed E-state index contributed by atoms with van der Waals surface area (Å²) < 4.78 is 5.41. The van der Waals surface area contributed by atoms with Gasteiger partial charge in [-0.3, -0.25) is 4.79 Å². The van der Waals surface area contributed by atoms with Crippen LogP contribution in [0.2, 0.25) is 5.02 Å². The summed E-state index contributed by atoms with van der Waals surface area (Å²) in [6, 6.07) is 7.46. The van der Waals surface area contributed by atoms with E-state index in [1.54, 1.807) is 0 Å². The van der Waals surface area contributed by atoms with E-state index in [9.17, 15) is 4.79 Å². The van der Waals surface area contributed by atoms with Crippen molar-refractivity contribution in [1.82, 2.24) is 15.0 Å². The molecule has 2 aliphatic rings. The fraction of sp³-hybridized carbons (Fsp3) is 0.438. The summed E-state index contributed by atoms with van der Waals surface area (Å²) >= 11 is 6.02. The van der Waals surface area contributed by atoms with Gasteiger partial charge in [0.2, 0.25) is 11.8 Å². The lowest BCUT2D eigenvalue weighted by Crippen LogP contribution is -2.27. The van der Waals surface area contributed by atoms with E-state index in [4.69, 9.17) is 16.1 Å². The first-order valence-electron chi connectivity index (χ1n) is 7.58. The Labute approximate surface area is 133 Å². The highest BCUT2D eigenvalue weighted by Gasteiger charge is 2.37. The summed E-state index contributed by atoms with van der Waals surface area (Å²) in [5.41, 5.74) is 1.01. The Hall–Kier alpha value is -1.88. The van der Waals surface area contributed by atoms with Gasteiger partial charge in [0, 0.05) is 23.9 Å². The maximum Gasteiger partial charge on any atom is 0.249 e. The minimum absolute atomic E-state index is 0.119.